The third-order valence-electron chi connectivity index (χ3n) is 4.85. The van der Waals surface area contributed by atoms with Gasteiger partial charge < -0.3 is 4.57 Å². The predicted molar refractivity (Wildman–Crippen MR) is 98.9 cm³/mol. The summed E-state index contributed by atoms with van der Waals surface area (Å²) in [5.41, 5.74) is 0.0860. The van der Waals surface area contributed by atoms with E-state index >= 15 is 0 Å². The van der Waals surface area contributed by atoms with E-state index in [1.165, 1.54) is 24.4 Å². The number of aryl methyl sites for hydroxylation is 2. The van der Waals surface area contributed by atoms with Crippen molar-refractivity contribution in [3.63, 3.8) is 0 Å². The standard InChI is InChI=1S/C17H22FN3O4S2/c1-3-20-12-17(19-13(20)2)27(24,25)21-9-8-16(26(22,23)11-10-21)14-6-4-5-7-15(14)18/h4-7,12,16H,3,8-11H2,1-2H3. The molecule has 0 bridgehead atoms. The van der Waals surface area contributed by atoms with Crippen molar-refractivity contribution in [3.8, 4) is 0 Å². The fourth-order valence-electron chi connectivity index (χ4n) is 3.31. The fourth-order valence-corrected chi connectivity index (χ4v) is 6.67. The summed E-state index contributed by atoms with van der Waals surface area (Å²) in [6, 6.07) is 5.72. The molecule has 148 valence electrons. The zero-order chi connectivity index (χ0) is 19.8. The van der Waals surface area contributed by atoms with Gasteiger partial charge in [0.15, 0.2) is 14.9 Å². The highest BCUT2D eigenvalue weighted by molar-refractivity contribution is 7.92. The van der Waals surface area contributed by atoms with Gasteiger partial charge in [0, 0.05) is 31.4 Å². The van der Waals surface area contributed by atoms with Crippen molar-refractivity contribution < 1.29 is 21.2 Å². The van der Waals surface area contributed by atoms with Crippen molar-refractivity contribution in [1.29, 1.82) is 0 Å². The van der Waals surface area contributed by atoms with Crippen molar-refractivity contribution in [2.45, 2.75) is 37.1 Å². The van der Waals surface area contributed by atoms with E-state index in [0.717, 1.165) is 4.31 Å². The molecule has 0 spiro atoms. The van der Waals surface area contributed by atoms with Crippen molar-refractivity contribution in [2.24, 2.45) is 0 Å². The zero-order valence-corrected chi connectivity index (χ0v) is 16.8. The first-order valence-corrected chi connectivity index (χ1v) is 11.8. The summed E-state index contributed by atoms with van der Waals surface area (Å²) in [5, 5.41) is -1.16. The molecule has 1 aromatic carbocycles. The van der Waals surface area contributed by atoms with E-state index in [9.17, 15) is 21.2 Å². The van der Waals surface area contributed by atoms with E-state index in [1.54, 1.807) is 17.6 Å². The van der Waals surface area contributed by atoms with Gasteiger partial charge in [0.2, 0.25) is 0 Å². The van der Waals surface area contributed by atoms with Crippen LogP contribution in [0.15, 0.2) is 35.5 Å². The number of sulfonamides is 1. The molecule has 1 fully saturated rings. The lowest BCUT2D eigenvalue weighted by molar-refractivity contribution is 0.425. The molecule has 0 saturated carbocycles. The second-order valence-electron chi connectivity index (χ2n) is 6.48. The first kappa shape index (κ1) is 20.0. The molecular weight excluding hydrogens is 393 g/mol. The quantitative estimate of drug-likeness (QED) is 0.761. The number of aromatic nitrogens is 2. The van der Waals surface area contributed by atoms with Gasteiger partial charge in [-0.3, -0.25) is 0 Å². The van der Waals surface area contributed by atoms with Gasteiger partial charge in [0.25, 0.3) is 10.0 Å². The van der Waals surface area contributed by atoms with Crippen molar-refractivity contribution in [3.05, 3.63) is 47.7 Å². The number of rotatable bonds is 4. The van der Waals surface area contributed by atoms with Gasteiger partial charge in [-0.2, -0.15) is 4.31 Å². The number of hydrogen-bond donors (Lipinski definition) is 0. The Morgan fingerprint density at radius 1 is 1.26 bits per heavy atom. The molecule has 1 aliphatic heterocycles. The van der Waals surface area contributed by atoms with Crippen LogP contribution in [0.4, 0.5) is 4.39 Å². The van der Waals surface area contributed by atoms with Crippen LogP contribution in [0.2, 0.25) is 0 Å². The Labute approximate surface area is 158 Å². The number of halogens is 1. The van der Waals surface area contributed by atoms with E-state index in [2.05, 4.69) is 4.98 Å². The largest absolute Gasteiger partial charge is 0.334 e. The highest BCUT2D eigenvalue weighted by Crippen LogP contribution is 2.32. The molecule has 1 aromatic heterocycles. The summed E-state index contributed by atoms with van der Waals surface area (Å²) in [4.78, 5) is 4.11. The molecule has 10 heteroatoms. The van der Waals surface area contributed by atoms with Gasteiger partial charge in [-0.15, -0.1) is 0 Å². The average Bonchev–Trinajstić information content (AvgIpc) is 2.92. The molecule has 1 atom stereocenters. The molecule has 1 aliphatic rings. The molecule has 27 heavy (non-hydrogen) atoms. The Bertz CT molecular complexity index is 1050. The summed E-state index contributed by atoms with van der Waals surface area (Å²) in [7, 11) is -7.61. The third-order valence-corrected chi connectivity index (χ3v) is 8.73. The molecule has 1 saturated heterocycles. The maximum Gasteiger partial charge on any atom is 0.262 e. The number of imidazole rings is 1. The fraction of sp³-hybridized carbons (Fsp3) is 0.471. The van der Waals surface area contributed by atoms with Crippen LogP contribution in [0.25, 0.3) is 0 Å². The Hall–Kier alpha value is -1.78. The van der Waals surface area contributed by atoms with E-state index in [-0.39, 0.29) is 35.9 Å². The number of hydrogen-bond acceptors (Lipinski definition) is 5. The lowest BCUT2D eigenvalue weighted by Gasteiger charge is -2.18. The van der Waals surface area contributed by atoms with E-state index in [1.807, 2.05) is 6.92 Å². The first-order chi connectivity index (χ1) is 12.7. The topological polar surface area (TPSA) is 89.3 Å². The second kappa shape index (κ2) is 7.33. The van der Waals surface area contributed by atoms with Gasteiger partial charge in [-0.1, -0.05) is 18.2 Å². The Morgan fingerprint density at radius 3 is 2.59 bits per heavy atom. The van der Waals surface area contributed by atoms with Gasteiger partial charge >= 0.3 is 0 Å². The van der Waals surface area contributed by atoms with Gasteiger partial charge in [-0.25, -0.2) is 26.2 Å². The van der Waals surface area contributed by atoms with Gasteiger partial charge in [0.1, 0.15) is 11.6 Å². The van der Waals surface area contributed by atoms with Crippen LogP contribution in [-0.2, 0) is 26.4 Å². The summed E-state index contributed by atoms with van der Waals surface area (Å²) in [5.74, 6) is -0.388. The minimum absolute atomic E-state index is 0.00400. The number of sulfone groups is 1. The molecule has 0 aliphatic carbocycles. The van der Waals surface area contributed by atoms with Crippen LogP contribution in [0.5, 0.6) is 0 Å². The van der Waals surface area contributed by atoms with Crippen LogP contribution in [0.1, 0.15) is 30.0 Å². The van der Waals surface area contributed by atoms with Crippen LogP contribution < -0.4 is 0 Å². The maximum atomic E-state index is 14.1. The monoisotopic (exact) mass is 415 g/mol. The Kier molecular flexibility index (Phi) is 5.42. The minimum Gasteiger partial charge on any atom is -0.334 e. The molecule has 7 nitrogen and oxygen atoms in total. The number of nitrogens with zero attached hydrogens (tertiary/aromatic N) is 3. The lowest BCUT2D eigenvalue weighted by atomic mass is 10.1. The Morgan fingerprint density at radius 2 is 1.96 bits per heavy atom. The molecular formula is C17H22FN3O4S2. The van der Waals surface area contributed by atoms with Crippen LogP contribution in [0.3, 0.4) is 0 Å². The van der Waals surface area contributed by atoms with E-state index < -0.39 is 30.9 Å². The summed E-state index contributed by atoms with van der Waals surface area (Å²) in [6.45, 7) is 3.98. The SMILES string of the molecule is CCn1cc(S(=O)(=O)N2CCC(c3ccccc3F)S(=O)(=O)CC2)nc1C. The zero-order valence-electron chi connectivity index (χ0n) is 15.2. The highest BCUT2D eigenvalue weighted by atomic mass is 32.2. The highest BCUT2D eigenvalue weighted by Gasteiger charge is 2.37. The van der Waals surface area contributed by atoms with Crippen LogP contribution >= 0.6 is 0 Å². The molecule has 2 heterocycles. The smallest absolute Gasteiger partial charge is 0.262 e. The van der Waals surface area contributed by atoms with Gasteiger partial charge in [0.05, 0.1) is 11.0 Å². The van der Waals surface area contributed by atoms with Crippen LogP contribution in [0, 0.1) is 12.7 Å². The van der Waals surface area contributed by atoms with Crippen molar-refractivity contribution in [1.82, 2.24) is 13.9 Å². The summed E-state index contributed by atoms with van der Waals surface area (Å²) in [6.07, 6.45) is 1.45. The molecule has 0 N–H and O–H groups in total. The summed E-state index contributed by atoms with van der Waals surface area (Å²) >= 11 is 0. The Balaban J connectivity index is 1.92. The second-order valence-corrected chi connectivity index (χ2v) is 10.7. The van der Waals surface area contributed by atoms with Crippen LogP contribution in [-0.4, -0.2) is 49.5 Å². The van der Waals surface area contributed by atoms with Crippen molar-refractivity contribution >= 4 is 19.9 Å². The minimum atomic E-state index is -3.92. The number of benzene rings is 1. The first-order valence-electron chi connectivity index (χ1n) is 8.66. The molecule has 3 rings (SSSR count). The summed E-state index contributed by atoms with van der Waals surface area (Å²) < 4.78 is 68.1. The molecule has 0 radical (unpaired) electrons. The van der Waals surface area contributed by atoms with E-state index in [0.29, 0.717) is 12.4 Å². The normalized spacial score (nSPS) is 21.1. The average molecular weight is 416 g/mol. The molecule has 0 amide bonds. The van der Waals surface area contributed by atoms with E-state index in [4.69, 9.17) is 0 Å². The molecule has 1 unspecified atom stereocenters. The lowest BCUT2D eigenvalue weighted by Crippen LogP contribution is -2.33. The third kappa shape index (κ3) is 3.78. The maximum absolute atomic E-state index is 14.1. The predicted octanol–water partition coefficient (Wildman–Crippen LogP) is 1.90. The van der Waals surface area contributed by atoms with Crippen molar-refractivity contribution in [2.75, 3.05) is 18.8 Å². The molecule has 2 aromatic rings. The van der Waals surface area contributed by atoms with Gasteiger partial charge in [-0.05, 0) is 26.3 Å².